The summed E-state index contributed by atoms with van der Waals surface area (Å²) in [5.41, 5.74) is 1.29. The van der Waals surface area contributed by atoms with Gasteiger partial charge in [-0.15, -0.1) is 11.3 Å². The lowest BCUT2D eigenvalue weighted by molar-refractivity contribution is 0.288. The van der Waals surface area contributed by atoms with Gasteiger partial charge in [0.25, 0.3) is 0 Å². The molecule has 66 valence electrons. The van der Waals surface area contributed by atoms with Crippen LogP contribution in [0.5, 0.6) is 0 Å². The van der Waals surface area contributed by atoms with Gasteiger partial charge in [0.2, 0.25) is 0 Å². The largest absolute Gasteiger partial charge is 0.396 e. The maximum atomic E-state index is 8.63. The lowest BCUT2D eigenvalue weighted by Gasteiger charge is -1.91. The maximum Gasteiger partial charge on any atom is 0.0929 e. The Labute approximate surface area is 76.3 Å². The van der Waals surface area contributed by atoms with Crippen LogP contribution < -0.4 is 0 Å². The molecule has 0 aliphatic heterocycles. The van der Waals surface area contributed by atoms with Crippen molar-refractivity contribution in [1.82, 2.24) is 4.98 Å². The SMILES string of the molecule is OCCCc1nc(C2CC2)cs1. The minimum atomic E-state index is 0.276. The van der Waals surface area contributed by atoms with E-state index in [1.165, 1.54) is 23.5 Å². The summed E-state index contributed by atoms with van der Waals surface area (Å²) in [6.45, 7) is 0.276. The highest BCUT2D eigenvalue weighted by molar-refractivity contribution is 7.09. The molecule has 1 saturated carbocycles. The van der Waals surface area contributed by atoms with Gasteiger partial charge in [-0.1, -0.05) is 0 Å². The van der Waals surface area contributed by atoms with Crippen molar-refractivity contribution >= 4 is 11.3 Å². The number of hydrogen-bond acceptors (Lipinski definition) is 3. The minimum Gasteiger partial charge on any atom is -0.396 e. The number of aromatic nitrogens is 1. The molecular weight excluding hydrogens is 170 g/mol. The van der Waals surface area contributed by atoms with Crippen molar-refractivity contribution in [3.8, 4) is 0 Å². The summed E-state index contributed by atoms with van der Waals surface area (Å²) in [4.78, 5) is 4.52. The second-order valence-electron chi connectivity index (χ2n) is 3.27. The molecule has 0 atom stereocenters. The van der Waals surface area contributed by atoms with Crippen LogP contribution in [0.4, 0.5) is 0 Å². The Bertz CT molecular complexity index is 255. The Morgan fingerprint density at radius 2 is 2.42 bits per heavy atom. The topological polar surface area (TPSA) is 33.1 Å². The number of aliphatic hydroxyl groups excluding tert-OH is 1. The third-order valence-electron chi connectivity index (χ3n) is 2.11. The van der Waals surface area contributed by atoms with Crippen LogP contribution in [0.25, 0.3) is 0 Å². The number of aryl methyl sites for hydroxylation is 1. The monoisotopic (exact) mass is 183 g/mol. The summed E-state index contributed by atoms with van der Waals surface area (Å²) in [5, 5.41) is 12.0. The Kier molecular flexibility index (Phi) is 2.42. The van der Waals surface area contributed by atoms with Gasteiger partial charge in [-0.2, -0.15) is 0 Å². The van der Waals surface area contributed by atoms with Crippen molar-refractivity contribution in [2.75, 3.05) is 6.61 Å². The Morgan fingerprint density at radius 1 is 1.58 bits per heavy atom. The predicted octanol–water partition coefficient (Wildman–Crippen LogP) is 1.95. The molecule has 1 N–H and O–H groups in total. The quantitative estimate of drug-likeness (QED) is 0.774. The van der Waals surface area contributed by atoms with E-state index in [9.17, 15) is 0 Å². The van der Waals surface area contributed by atoms with E-state index in [4.69, 9.17) is 5.11 Å². The van der Waals surface area contributed by atoms with Gasteiger partial charge in [-0.05, 0) is 19.3 Å². The van der Waals surface area contributed by atoms with Crippen LogP contribution in [0, 0.1) is 0 Å². The van der Waals surface area contributed by atoms with E-state index in [2.05, 4.69) is 10.4 Å². The molecule has 0 amide bonds. The number of aliphatic hydroxyl groups is 1. The van der Waals surface area contributed by atoms with Crippen LogP contribution in [0.2, 0.25) is 0 Å². The normalized spacial score (nSPS) is 16.8. The fourth-order valence-electron chi connectivity index (χ4n) is 1.24. The van der Waals surface area contributed by atoms with Crippen molar-refractivity contribution in [3.63, 3.8) is 0 Å². The smallest absolute Gasteiger partial charge is 0.0929 e. The Hall–Kier alpha value is -0.410. The van der Waals surface area contributed by atoms with Crippen LogP contribution in [-0.4, -0.2) is 16.7 Å². The minimum absolute atomic E-state index is 0.276. The summed E-state index contributed by atoms with van der Waals surface area (Å²) in [6, 6.07) is 0. The number of thiazole rings is 1. The van der Waals surface area contributed by atoms with Gasteiger partial charge in [-0.3, -0.25) is 0 Å². The molecule has 0 unspecified atom stereocenters. The molecular formula is C9H13NOS. The van der Waals surface area contributed by atoms with Gasteiger partial charge in [-0.25, -0.2) is 4.98 Å². The molecule has 1 aromatic rings. The lowest BCUT2D eigenvalue weighted by Crippen LogP contribution is -1.89. The van der Waals surface area contributed by atoms with Crippen LogP contribution in [0.3, 0.4) is 0 Å². The van der Waals surface area contributed by atoms with E-state index in [0.29, 0.717) is 0 Å². The molecule has 0 bridgehead atoms. The van der Waals surface area contributed by atoms with Crippen molar-refractivity contribution < 1.29 is 5.11 Å². The molecule has 0 saturated heterocycles. The second-order valence-corrected chi connectivity index (χ2v) is 4.21. The molecule has 1 aromatic heterocycles. The lowest BCUT2D eigenvalue weighted by atomic mass is 10.3. The van der Waals surface area contributed by atoms with Gasteiger partial charge in [0.1, 0.15) is 0 Å². The Morgan fingerprint density at radius 3 is 3.08 bits per heavy atom. The highest BCUT2D eigenvalue weighted by Gasteiger charge is 2.25. The molecule has 0 radical (unpaired) electrons. The van der Waals surface area contributed by atoms with E-state index in [0.717, 1.165) is 18.8 Å². The van der Waals surface area contributed by atoms with Crippen LogP contribution in [0.1, 0.15) is 35.9 Å². The number of nitrogens with zero attached hydrogens (tertiary/aromatic N) is 1. The summed E-state index contributed by atoms with van der Waals surface area (Å²) in [7, 11) is 0. The van der Waals surface area contributed by atoms with Gasteiger partial charge in [0.05, 0.1) is 10.7 Å². The van der Waals surface area contributed by atoms with Crippen molar-refractivity contribution in [2.24, 2.45) is 0 Å². The first-order valence-corrected chi connectivity index (χ1v) is 5.33. The fourth-order valence-corrected chi connectivity index (χ4v) is 2.16. The average Bonchev–Trinajstić information content (AvgIpc) is 2.83. The van der Waals surface area contributed by atoms with Gasteiger partial charge < -0.3 is 5.11 Å². The van der Waals surface area contributed by atoms with Crippen LogP contribution in [-0.2, 0) is 6.42 Å². The van der Waals surface area contributed by atoms with E-state index in [1.807, 2.05) is 0 Å². The maximum absolute atomic E-state index is 8.63. The molecule has 0 spiro atoms. The van der Waals surface area contributed by atoms with Crippen molar-refractivity contribution in [1.29, 1.82) is 0 Å². The van der Waals surface area contributed by atoms with Gasteiger partial charge >= 0.3 is 0 Å². The second kappa shape index (κ2) is 3.54. The molecule has 3 heteroatoms. The summed E-state index contributed by atoms with van der Waals surface area (Å²) < 4.78 is 0. The summed E-state index contributed by atoms with van der Waals surface area (Å²) in [6.07, 6.45) is 4.43. The molecule has 0 aromatic carbocycles. The van der Waals surface area contributed by atoms with Crippen molar-refractivity contribution in [2.45, 2.75) is 31.6 Å². The third kappa shape index (κ3) is 1.84. The molecule has 1 heterocycles. The molecule has 2 nitrogen and oxygen atoms in total. The predicted molar refractivity (Wildman–Crippen MR) is 49.5 cm³/mol. The molecule has 1 fully saturated rings. The zero-order valence-corrected chi connectivity index (χ0v) is 7.81. The van der Waals surface area contributed by atoms with Crippen LogP contribution in [0.15, 0.2) is 5.38 Å². The standard InChI is InChI=1S/C9H13NOS/c11-5-1-2-9-10-8(6-12-9)7-3-4-7/h6-7,11H,1-5H2. The zero-order chi connectivity index (χ0) is 8.39. The average molecular weight is 183 g/mol. The molecule has 2 rings (SSSR count). The summed E-state index contributed by atoms with van der Waals surface area (Å²) in [5.74, 6) is 0.768. The fraction of sp³-hybridized carbons (Fsp3) is 0.667. The first-order valence-electron chi connectivity index (χ1n) is 4.45. The molecule has 1 aliphatic rings. The first-order chi connectivity index (χ1) is 5.90. The summed E-state index contributed by atoms with van der Waals surface area (Å²) >= 11 is 1.74. The molecule has 1 aliphatic carbocycles. The van der Waals surface area contributed by atoms with E-state index >= 15 is 0 Å². The molecule has 12 heavy (non-hydrogen) atoms. The van der Waals surface area contributed by atoms with Crippen LogP contribution >= 0.6 is 11.3 Å². The van der Waals surface area contributed by atoms with Gasteiger partial charge in [0.15, 0.2) is 0 Å². The number of rotatable bonds is 4. The third-order valence-corrected chi connectivity index (χ3v) is 3.04. The van der Waals surface area contributed by atoms with Gasteiger partial charge in [0, 0.05) is 24.3 Å². The van der Waals surface area contributed by atoms with Crippen molar-refractivity contribution in [3.05, 3.63) is 16.1 Å². The zero-order valence-electron chi connectivity index (χ0n) is 6.99. The van der Waals surface area contributed by atoms with E-state index < -0.39 is 0 Å². The Balaban J connectivity index is 1.93. The highest BCUT2D eigenvalue weighted by Crippen LogP contribution is 2.40. The highest BCUT2D eigenvalue weighted by atomic mass is 32.1. The van der Waals surface area contributed by atoms with E-state index in [1.54, 1.807) is 11.3 Å². The van der Waals surface area contributed by atoms with E-state index in [-0.39, 0.29) is 6.61 Å². The number of hydrogen-bond donors (Lipinski definition) is 1. The first kappa shape index (κ1) is 8.20.